The minimum absolute atomic E-state index is 0.117. The van der Waals surface area contributed by atoms with Gasteiger partial charge in [-0.1, -0.05) is 6.92 Å². The van der Waals surface area contributed by atoms with E-state index >= 15 is 0 Å². The number of aromatic nitrogens is 2. The van der Waals surface area contributed by atoms with Crippen molar-refractivity contribution in [3.63, 3.8) is 0 Å². The lowest BCUT2D eigenvalue weighted by Crippen LogP contribution is -2.04. The summed E-state index contributed by atoms with van der Waals surface area (Å²) in [6, 6.07) is 6.74. The molecule has 0 saturated carbocycles. The van der Waals surface area contributed by atoms with E-state index in [1.54, 1.807) is 42.1 Å². The molecule has 1 aromatic carbocycles. The Hall–Kier alpha value is -0.890. The highest BCUT2D eigenvalue weighted by Gasteiger charge is 2.11. The Balaban J connectivity index is 2.37. The topological polar surface area (TPSA) is 52.0 Å². The van der Waals surface area contributed by atoms with Gasteiger partial charge >= 0.3 is 0 Å². The Morgan fingerprint density at radius 2 is 1.94 bits per heavy atom. The van der Waals surface area contributed by atoms with Crippen LogP contribution in [-0.4, -0.2) is 24.0 Å². The van der Waals surface area contributed by atoms with Crippen molar-refractivity contribution >= 4 is 32.4 Å². The second kappa shape index (κ2) is 4.77. The molecule has 0 N–H and O–H groups in total. The van der Waals surface area contributed by atoms with Gasteiger partial charge in [0, 0.05) is 6.20 Å². The van der Waals surface area contributed by atoms with Crippen LogP contribution in [0.1, 0.15) is 6.92 Å². The highest BCUT2D eigenvalue weighted by atomic mass is 127. The van der Waals surface area contributed by atoms with E-state index in [-0.39, 0.29) is 5.75 Å². The first kappa shape index (κ1) is 12.6. The lowest BCUT2D eigenvalue weighted by atomic mass is 10.3. The van der Waals surface area contributed by atoms with Gasteiger partial charge in [-0.2, -0.15) is 5.10 Å². The predicted molar refractivity (Wildman–Crippen MR) is 74.0 cm³/mol. The minimum Gasteiger partial charge on any atom is -0.240 e. The SMILES string of the molecule is CCS(=O)(=O)c1ccc(-n2cc(I)cn2)cc1. The fourth-order valence-electron chi connectivity index (χ4n) is 1.41. The van der Waals surface area contributed by atoms with E-state index in [1.807, 2.05) is 6.20 Å². The van der Waals surface area contributed by atoms with Crippen molar-refractivity contribution in [1.29, 1.82) is 0 Å². The van der Waals surface area contributed by atoms with Gasteiger partial charge in [0.2, 0.25) is 0 Å². The van der Waals surface area contributed by atoms with Crippen LogP contribution in [0.4, 0.5) is 0 Å². The van der Waals surface area contributed by atoms with Gasteiger partial charge in [-0.05, 0) is 46.9 Å². The molecular formula is C11H11IN2O2S. The molecule has 4 nitrogen and oxygen atoms in total. The Morgan fingerprint density at radius 3 is 2.41 bits per heavy atom. The minimum atomic E-state index is -3.12. The van der Waals surface area contributed by atoms with Crippen molar-refractivity contribution in [2.45, 2.75) is 11.8 Å². The van der Waals surface area contributed by atoms with Crippen molar-refractivity contribution in [2.24, 2.45) is 0 Å². The molecular weight excluding hydrogens is 351 g/mol. The maximum absolute atomic E-state index is 11.6. The van der Waals surface area contributed by atoms with Gasteiger partial charge in [-0.3, -0.25) is 0 Å². The molecule has 0 aliphatic rings. The summed E-state index contributed by atoms with van der Waals surface area (Å²) >= 11 is 2.17. The zero-order valence-corrected chi connectivity index (χ0v) is 12.1. The van der Waals surface area contributed by atoms with E-state index in [9.17, 15) is 8.42 Å². The molecule has 0 saturated heterocycles. The lowest BCUT2D eigenvalue weighted by molar-refractivity contribution is 0.597. The molecule has 1 aromatic heterocycles. The molecule has 0 aliphatic heterocycles. The molecule has 0 radical (unpaired) electrons. The molecule has 2 aromatic rings. The quantitative estimate of drug-likeness (QED) is 0.788. The first-order valence-electron chi connectivity index (χ1n) is 5.06. The van der Waals surface area contributed by atoms with Crippen LogP contribution in [0.15, 0.2) is 41.6 Å². The van der Waals surface area contributed by atoms with Crippen LogP contribution in [0.3, 0.4) is 0 Å². The van der Waals surface area contributed by atoms with Crippen LogP contribution in [0, 0.1) is 3.57 Å². The van der Waals surface area contributed by atoms with Crippen LogP contribution < -0.4 is 0 Å². The van der Waals surface area contributed by atoms with E-state index in [0.29, 0.717) is 4.90 Å². The zero-order valence-electron chi connectivity index (χ0n) is 9.17. The van der Waals surface area contributed by atoms with Gasteiger partial charge in [0.15, 0.2) is 9.84 Å². The van der Waals surface area contributed by atoms with Gasteiger partial charge < -0.3 is 0 Å². The molecule has 1 heterocycles. The molecule has 6 heteroatoms. The molecule has 0 amide bonds. The van der Waals surface area contributed by atoms with Gasteiger partial charge in [0.1, 0.15) is 0 Å². The van der Waals surface area contributed by atoms with Crippen LogP contribution in [0.5, 0.6) is 0 Å². The molecule has 0 fully saturated rings. The zero-order chi connectivity index (χ0) is 12.5. The first-order chi connectivity index (χ1) is 8.03. The highest BCUT2D eigenvalue weighted by Crippen LogP contribution is 2.15. The summed E-state index contributed by atoms with van der Waals surface area (Å²) in [7, 11) is -3.12. The standard InChI is InChI=1S/C11H11IN2O2S/c1-2-17(15,16)11-5-3-10(4-6-11)14-8-9(12)7-13-14/h3-8H,2H2,1H3. The van der Waals surface area contributed by atoms with Crippen molar-refractivity contribution in [3.8, 4) is 5.69 Å². The number of hydrogen-bond donors (Lipinski definition) is 0. The van der Waals surface area contributed by atoms with Crippen LogP contribution in [0.25, 0.3) is 5.69 Å². The second-order valence-corrected chi connectivity index (χ2v) is 7.02. The summed E-state index contributed by atoms with van der Waals surface area (Å²) in [5.74, 6) is 0.117. The summed E-state index contributed by atoms with van der Waals surface area (Å²) in [5.41, 5.74) is 0.850. The van der Waals surface area contributed by atoms with Gasteiger partial charge in [0.05, 0.1) is 26.1 Å². The molecule has 0 spiro atoms. The van der Waals surface area contributed by atoms with Crippen LogP contribution in [-0.2, 0) is 9.84 Å². The molecule has 0 bridgehead atoms. The number of halogens is 1. The second-order valence-electron chi connectivity index (χ2n) is 3.50. The number of benzene rings is 1. The molecule has 2 rings (SSSR count). The Labute approximate surface area is 114 Å². The van der Waals surface area contributed by atoms with E-state index in [4.69, 9.17) is 0 Å². The van der Waals surface area contributed by atoms with Gasteiger partial charge in [-0.25, -0.2) is 13.1 Å². The van der Waals surface area contributed by atoms with Crippen molar-refractivity contribution in [1.82, 2.24) is 9.78 Å². The summed E-state index contributed by atoms with van der Waals surface area (Å²) < 4.78 is 26.0. The average Bonchev–Trinajstić information content (AvgIpc) is 2.76. The van der Waals surface area contributed by atoms with Crippen molar-refractivity contribution in [3.05, 3.63) is 40.2 Å². The maximum atomic E-state index is 11.6. The molecule has 0 atom stereocenters. The third-order valence-corrected chi connectivity index (χ3v) is 4.70. The number of nitrogens with zero attached hydrogens (tertiary/aromatic N) is 2. The summed E-state index contributed by atoms with van der Waals surface area (Å²) in [6.07, 6.45) is 3.63. The number of hydrogen-bond acceptors (Lipinski definition) is 3. The summed E-state index contributed by atoms with van der Waals surface area (Å²) in [6.45, 7) is 1.64. The average molecular weight is 362 g/mol. The fraction of sp³-hybridized carbons (Fsp3) is 0.182. The largest absolute Gasteiger partial charge is 0.240 e. The lowest BCUT2D eigenvalue weighted by Gasteiger charge is -2.04. The van der Waals surface area contributed by atoms with Crippen LogP contribution >= 0.6 is 22.6 Å². The predicted octanol–water partition coefficient (Wildman–Crippen LogP) is 2.27. The van der Waals surface area contributed by atoms with Crippen molar-refractivity contribution < 1.29 is 8.42 Å². The molecule has 0 aliphatic carbocycles. The maximum Gasteiger partial charge on any atom is 0.178 e. The smallest absolute Gasteiger partial charge is 0.178 e. The third-order valence-electron chi connectivity index (χ3n) is 2.39. The van der Waals surface area contributed by atoms with Gasteiger partial charge in [0.25, 0.3) is 0 Å². The first-order valence-corrected chi connectivity index (χ1v) is 7.79. The molecule has 90 valence electrons. The fourth-order valence-corrected chi connectivity index (χ4v) is 2.69. The Morgan fingerprint density at radius 1 is 1.29 bits per heavy atom. The van der Waals surface area contributed by atoms with E-state index in [1.165, 1.54) is 0 Å². The molecule has 17 heavy (non-hydrogen) atoms. The number of rotatable bonds is 3. The van der Waals surface area contributed by atoms with E-state index in [0.717, 1.165) is 9.26 Å². The van der Waals surface area contributed by atoms with E-state index < -0.39 is 9.84 Å². The summed E-state index contributed by atoms with van der Waals surface area (Å²) in [4.78, 5) is 0.352. The highest BCUT2D eigenvalue weighted by molar-refractivity contribution is 14.1. The third kappa shape index (κ3) is 2.68. The Bertz CT molecular complexity index is 617. The number of sulfone groups is 1. The molecule has 0 unspecified atom stereocenters. The summed E-state index contributed by atoms with van der Waals surface area (Å²) in [5, 5.41) is 4.16. The van der Waals surface area contributed by atoms with Crippen molar-refractivity contribution in [2.75, 3.05) is 5.75 Å². The Kier molecular flexibility index (Phi) is 3.53. The van der Waals surface area contributed by atoms with E-state index in [2.05, 4.69) is 27.7 Å². The normalized spacial score (nSPS) is 11.6. The monoisotopic (exact) mass is 362 g/mol. The van der Waals surface area contributed by atoms with Gasteiger partial charge in [-0.15, -0.1) is 0 Å². The van der Waals surface area contributed by atoms with Crippen LogP contribution in [0.2, 0.25) is 0 Å².